The summed E-state index contributed by atoms with van der Waals surface area (Å²) in [5, 5.41) is 20.6. The number of carbonyl (C=O) groups is 3. The second-order valence-corrected chi connectivity index (χ2v) is 29.0. The van der Waals surface area contributed by atoms with E-state index in [4.69, 9.17) is 32.3 Å². The molecule has 0 saturated carbocycles. The smallest absolute Gasteiger partial charge is 0.463 e. The lowest BCUT2D eigenvalue weighted by Gasteiger charge is -2.21. The van der Waals surface area contributed by atoms with E-state index in [1.807, 2.05) is 12.2 Å². The van der Waals surface area contributed by atoms with E-state index in [9.17, 15) is 43.5 Å². The molecule has 0 aromatic heterocycles. The third kappa shape index (κ3) is 78.1. The van der Waals surface area contributed by atoms with Crippen molar-refractivity contribution in [3.63, 3.8) is 0 Å². The van der Waals surface area contributed by atoms with Gasteiger partial charge in [0.2, 0.25) is 0 Å². The van der Waals surface area contributed by atoms with E-state index in [-0.39, 0.29) is 19.3 Å². The van der Waals surface area contributed by atoms with E-state index in [1.54, 1.807) is 0 Å². The Morgan fingerprint density at radius 3 is 0.854 bits per heavy atom. The van der Waals surface area contributed by atoms with Crippen LogP contribution >= 0.6 is 15.6 Å². The number of hydrogen-bond donors (Lipinski definition) is 4. The molecule has 5 unspecified atom stereocenters. The minimum atomic E-state index is -4.95. The van der Waals surface area contributed by atoms with Gasteiger partial charge in [0, 0.05) is 19.3 Å². The van der Waals surface area contributed by atoms with Gasteiger partial charge in [-0.3, -0.25) is 32.5 Å². The minimum absolute atomic E-state index is 0.0728. The van der Waals surface area contributed by atoms with Crippen molar-refractivity contribution >= 4 is 33.6 Å². The van der Waals surface area contributed by atoms with Crippen LogP contribution in [-0.4, -0.2) is 95.9 Å². The van der Waals surface area contributed by atoms with Crippen molar-refractivity contribution in [3.05, 3.63) is 158 Å². The number of esters is 3. The Bertz CT molecular complexity index is 2500. The summed E-state index contributed by atoms with van der Waals surface area (Å²) >= 11 is 0. The lowest BCUT2D eigenvalue weighted by atomic mass is 10.0. The number of hydrogen-bond acceptors (Lipinski definition) is 14. The number of allylic oxidation sites excluding steroid dienone is 26. The predicted octanol–water partition coefficient (Wildman–Crippen LogP) is 23.4. The lowest BCUT2D eigenvalue weighted by molar-refractivity contribution is -0.161. The van der Waals surface area contributed by atoms with Crippen LogP contribution < -0.4 is 0 Å². The van der Waals surface area contributed by atoms with Crippen molar-refractivity contribution in [2.24, 2.45) is 0 Å². The number of unbranched alkanes of at least 4 members (excludes halogenated alkanes) is 25. The first-order valence-corrected chi connectivity index (χ1v) is 42.8. The third-order valence-corrected chi connectivity index (χ3v) is 18.1. The zero-order chi connectivity index (χ0) is 75.2. The van der Waals surface area contributed by atoms with Gasteiger partial charge in [0.1, 0.15) is 25.4 Å². The van der Waals surface area contributed by atoms with E-state index in [2.05, 4.69) is 167 Å². The molecule has 0 heterocycles. The van der Waals surface area contributed by atoms with Crippen LogP contribution in [0.1, 0.15) is 303 Å². The van der Waals surface area contributed by atoms with Gasteiger partial charge in [-0.25, -0.2) is 9.13 Å². The summed E-state index contributed by atoms with van der Waals surface area (Å²) in [5.41, 5.74) is 0. The summed E-state index contributed by atoms with van der Waals surface area (Å²) < 4.78 is 61.0. The van der Waals surface area contributed by atoms with Crippen molar-refractivity contribution in [2.75, 3.05) is 39.6 Å². The van der Waals surface area contributed by atoms with Gasteiger partial charge in [-0.15, -0.1) is 0 Å². The summed E-state index contributed by atoms with van der Waals surface area (Å²) in [4.78, 5) is 58.5. The number of phosphoric ester groups is 2. The summed E-state index contributed by atoms with van der Waals surface area (Å²) in [5.74, 6) is -1.66. The molecule has 0 amide bonds. The number of phosphoric acid groups is 2. The molecule has 103 heavy (non-hydrogen) atoms. The average molecular weight is 1480 g/mol. The molecule has 0 spiro atoms. The molecular formula is C85H142O16P2. The van der Waals surface area contributed by atoms with Gasteiger partial charge in [-0.1, -0.05) is 301 Å². The maximum Gasteiger partial charge on any atom is 0.472 e. The van der Waals surface area contributed by atoms with E-state index in [0.29, 0.717) is 25.7 Å². The Hall–Kier alpha value is -4.83. The van der Waals surface area contributed by atoms with E-state index < -0.39 is 91.5 Å². The maximum absolute atomic E-state index is 12.9. The van der Waals surface area contributed by atoms with Crippen LogP contribution in [0.3, 0.4) is 0 Å². The summed E-state index contributed by atoms with van der Waals surface area (Å²) in [7, 11) is -9.81. The highest BCUT2D eigenvalue weighted by atomic mass is 31.2. The minimum Gasteiger partial charge on any atom is -0.463 e. The molecule has 0 aromatic carbocycles. The van der Waals surface area contributed by atoms with E-state index in [1.165, 1.54) is 103 Å². The molecule has 0 aromatic rings. The molecule has 0 rings (SSSR count). The molecule has 0 saturated heterocycles. The van der Waals surface area contributed by atoms with Gasteiger partial charge >= 0.3 is 33.6 Å². The summed E-state index contributed by atoms with van der Waals surface area (Å²) in [6.45, 7) is 2.33. The van der Waals surface area contributed by atoms with Crippen LogP contribution in [0.4, 0.5) is 0 Å². The molecule has 0 aliphatic carbocycles. The van der Waals surface area contributed by atoms with Gasteiger partial charge in [-0.2, -0.15) is 0 Å². The van der Waals surface area contributed by atoms with Gasteiger partial charge in [0.25, 0.3) is 0 Å². The van der Waals surface area contributed by atoms with Crippen LogP contribution in [0.25, 0.3) is 0 Å². The Morgan fingerprint density at radius 2 is 0.524 bits per heavy atom. The summed E-state index contributed by atoms with van der Waals surface area (Å²) in [6, 6.07) is 0. The fraction of sp³-hybridized carbons (Fsp3) is 0.659. The Balaban J connectivity index is 4.44. The average Bonchev–Trinajstić information content (AvgIpc) is 0.915. The molecule has 0 radical (unpaired) electrons. The molecule has 4 N–H and O–H groups in total. The van der Waals surface area contributed by atoms with Crippen LogP contribution in [-0.2, 0) is 55.8 Å². The highest BCUT2D eigenvalue weighted by molar-refractivity contribution is 7.47. The molecule has 18 heteroatoms. The van der Waals surface area contributed by atoms with Gasteiger partial charge < -0.3 is 34.2 Å². The van der Waals surface area contributed by atoms with Crippen molar-refractivity contribution in [2.45, 2.75) is 322 Å². The monoisotopic (exact) mass is 1480 g/mol. The fourth-order valence-corrected chi connectivity index (χ4v) is 11.8. The SMILES string of the molecule is CC/C=C\C/C=C\C/C=C\C/C=C\C/C=C\C/C=C\CCCCCCCCCCCCCCCCCCC(=O)OCC(O)COP(=O)(O)OCC(O)COP(=O)(O)OCC(COC(=O)CCC/C=C\C/C=C\C/C=C\C/C=C\C/C=C\CC)OC(=O)CCCCCCC/C=C\C/C=C\CCCCC. The number of rotatable bonds is 74. The Kier molecular flexibility index (Phi) is 73.2. The zero-order valence-corrected chi connectivity index (χ0v) is 66.0. The molecule has 0 fully saturated rings. The molecular weight excluding hydrogens is 1340 g/mol. The standard InChI is InChI=1S/C85H142O16P2/c1-4-7-10-13-16-19-22-25-28-30-31-32-33-34-35-36-37-38-39-40-41-42-43-44-45-46-47-49-52-53-56-59-62-65-68-71-83(88)95-74-80(86)75-97-102(91,92)98-76-81(87)77-99-103(93,94)100-79-82(101-85(90)73-70-67-64-61-58-55-50-27-24-21-18-15-12-9-6-3)78-96-84(89)72-69-66-63-60-57-54-51-48-29-26-23-20-17-14-11-8-5-2/h7-8,10-11,16-21,25-29,31-32,34-35,37-38,50-51,54,60,63,80-82,86-87H,4-6,9,12-15,22-24,30,33,36,39-49,52-53,55-59,61-62,64-79H2,1-3H3,(H,91,92)(H,93,94)/b10-7-,11-8-,19-16-,20-17-,21-18-,28-25-,29-26-,32-31-,35-34-,38-37-,50-27-,54-51-,63-60-. The number of carbonyl (C=O) groups excluding carboxylic acids is 3. The molecule has 588 valence electrons. The Morgan fingerprint density at radius 1 is 0.282 bits per heavy atom. The van der Waals surface area contributed by atoms with Gasteiger partial charge in [0.05, 0.1) is 26.4 Å². The predicted molar refractivity (Wildman–Crippen MR) is 426 cm³/mol. The quantitative estimate of drug-likeness (QED) is 0.0146. The topological polar surface area (TPSA) is 231 Å². The molecule has 0 aliphatic heterocycles. The van der Waals surface area contributed by atoms with E-state index in [0.717, 1.165) is 135 Å². The van der Waals surface area contributed by atoms with Crippen LogP contribution in [0.2, 0.25) is 0 Å². The molecule has 5 atom stereocenters. The second-order valence-electron chi connectivity index (χ2n) is 26.1. The third-order valence-electron chi connectivity index (χ3n) is 16.2. The molecule has 16 nitrogen and oxygen atoms in total. The lowest BCUT2D eigenvalue weighted by Crippen LogP contribution is -2.30. The largest absolute Gasteiger partial charge is 0.472 e. The number of aliphatic hydroxyl groups is 2. The van der Waals surface area contributed by atoms with Gasteiger partial charge in [0.15, 0.2) is 6.10 Å². The first-order valence-electron chi connectivity index (χ1n) is 39.8. The van der Waals surface area contributed by atoms with Crippen molar-refractivity contribution < 1.29 is 75.8 Å². The second kappa shape index (κ2) is 76.8. The maximum atomic E-state index is 12.9. The molecule has 0 bridgehead atoms. The normalized spacial score (nSPS) is 14.8. The van der Waals surface area contributed by atoms with Crippen molar-refractivity contribution in [3.8, 4) is 0 Å². The highest BCUT2D eigenvalue weighted by Gasteiger charge is 2.29. The van der Waals surface area contributed by atoms with Crippen LogP contribution in [0.5, 0.6) is 0 Å². The zero-order valence-electron chi connectivity index (χ0n) is 64.2. The van der Waals surface area contributed by atoms with Crippen LogP contribution in [0.15, 0.2) is 158 Å². The Labute approximate surface area is 625 Å². The van der Waals surface area contributed by atoms with Crippen molar-refractivity contribution in [1.82, 2.24) is 0 Å². The summed E-state index contributed by atoms with van der Waals surface area (Å²) in [6.07, 6.45) is 96.1. The highest BCUT2D eigenvalue weighted by Crippen LogP contribution is 2.45. The first-order chi connectivity index (χ1) is 50.2. The van der Waals surface area contributed by atoms with Crippen molar-refractivity contribution in [1.29, 1.82) is 0 Å². The van der Waals surface area contributed by atoms with Crippen LogP contribution in [0, 0.1) is 0 Å². The molecule has 0 aliphatic rings. The number of ether oxygens (including phenoxy) is 3. The number of aliphatic hydroxyl groups excluding tert-OH is 2. The van der Waals surface area contributed by atoms with Gasteiger partial charge in [-0.05, 0) is 141 Å². The fourth-order valence-electron chi connectivity index (χ4n) is 10.2. The van der Waals surface area contributed by atoms with E-state index >= 15 is 0 Å². The first kappa shape index (κ1) is 98.2.